The first-order valence-corrected chi connectivity index (χ1v) is 13.0. The summed E-state index contributed by atoms with van der Waals surface area (Å²) in [4.78, 5) is 0. The predicted molar refractivity (Wildman–Crippen MR) is 131 cm³/mol. The molecule has 1 aliphatic carbocycles. The lowest BCUT2D eigenvalue weighted by molar-refractivity contribution is -0.189. The molecule has 0 heterocycles. The van der Waals surface area contributed by atoms with Crippen LogP contribution in [0.2, 0.25) is 0 Å². The Bertz CT molecular complexity index is 1270. The first-order chi connectivity index (χ1) is 18.5. The summed E-state index contributed by atoms with van der Waals surface area (Å²) in [5, 5.41) is 0. The van der Waals surface area contributed by atoms with E-state index < -0.39 is 57.9 Å². The van der Waals surface area contributed by atoms with Gasteiger partial charge < -0.3 is 4.74 Å². The van der Waals surface area contributed by atoms with E-state index >= 15 is 0 Å². The second kappa shape index (κ2) is 12.0. The maximum absolute atomic E-state index is 14.9. The maximum Gasteiger partial charge on any atom is 0.432 e. The van der Waals surface area contributed by atoms with Crippen molar-refractivity contribution in [2.75, 3.05) is 0 Å². The van der Waals surface area contributed by atoms with Crippen LogP contribution < -0.4 is 4.74 Å². The van der Waals surface area contributed by atoms with Gasteiger partial charge in [-0.1, -0.05) is 38.7 Å². The van der Waals surface area contributed by atoms with Gasteiger partial charge in [0.25, 0.3) is 0 Å². The van der Waals surface area contributed by atoms with E-state index in [1.165, 1.54) is 0 Å². The smallest absolute Gasteiger partial charge is 0.429 e. The van der Waals surface area contributed by atoms with Crippen LogP contribution in [0.5, 0.6) is 5.75 Å². The molecule has 0 unspecified atom stereocenters. The van der Waals surface area contributed by atoms with Gasteiger partial charge >= 0.3 is 6.11 Å². The van der Waals surface area contributed by atoms with E-state index in [0.717, 1.165) is 56.7 Å². The van der Waals surface area contributed by atoms with Gasteiger partial charge in [0.2, 0.25) is 0 Å². The lowest BCUT2D eigenvalue weighted by atomic mass is 9.77. The lowest BCUT2D eigenvalue weighted by Crippen LogP contribution is -2.26. The number of hydrogen-bond acceptors (Lipinski definition) is 1. The normalized spacial score (nSPS) is 17.9. The molecule has 0 N–H and O–H groups in total. The third-order valence-electron chi connectivity index (χ3n) is 7.36. The fraction of sp³-hybridized carbons (Fsp3) is 0.400. The molecule has 210 valence electrons. The molecule has 0 spiro atoms. The van der Waals surface area contributed by atoms with Crippen LogP contribution in [0.3, 0.4) is 0 Å². The number of alkyl halides is 2. The van der Waals surface area contributed by atoms with E-state index in [4.69, 9.17) is 0 Å². The molecular formula is C30H28F8O. The highest BCUT2D eigenvalue weighted by atomic mass is 19.3. The van der Waals surface area contributed by atoms with Crippen LogP contribution in [-0.4, -0.2) is 0 Å². The van der Waals surface area contributed by atoms with Crippen molar-refractivity contribution in [3.05, 3.63) is 88.5 Å². The number of benzene rings is 3. The SMILES string of the molecule is CCCCCC1CCC(c2cc(F)c(C(F)(F)Oc3cc(F)c(-c4ccc(F)c(F)c4)c(F)c3)c(F)c2)CC1. The molecule has 1 nitrogen and oxygen atoms in total. The van der Waals surface area contributed by atoms with E-state index in [0.29, 0.717) is 43.0 Å². The van der Waals surface area contributed by atoms with Crippen molar-refractivity contribution in [3.8, 4) is 16.9 Å². The summed E-state index contributed by atoms with van der Waals surface area (Å²) < 4.78 is 120. The van der Waals surface area contributed by atoms with Gasteiger partial charge in [-0.15, -0.1) is 0 Å². The lowest BCUT2D eigenvalue weighted by Gasteiger charge is -2.29. The molecule has 1 fully saturated rings. The zero-order valence-electron chi connectivity index (χ0n) is 21.3. The highest BCUT2D eigenvalue weighted by Gasteiger charge is 2.42. The number of hydrogen-bond donors (Lipinski definition) is 0. The van der Waals surface area contributed by atoms with Crippen molar-refractivity contribution in [1.82, 2.24) is 0 Å². The Morgan fingerprint density at radius 1 is 0.718 bits per heavy atom. The molecule has 0 bridgehead atoms. The Balaban J connectivity index is 1.51. The summed E-state index contributed by atoms with van der Waals surface area (Å²) in [6, 6.07) is 4.57. The Kier molecular flexibility index (Phi) is 8.86. The Hall–Kier alpha value is -3.10. The summed E-state index contributed by atoms with van der Waals surface area (Å²) in [5.41, 5.74) is -2.59. The van der Waals surface area contributed by atoms with Gasteiger partial charge in [-0.25, -0.2) is 26.3 Å². The Labute approximate surface area is 221 Å². The van der Waals surface area contributed by atoms with Crippen LogP contribution in [0.1, 0.15) is 75.3 Å². The van der Waals surface area contributed by atoms with E-state index in [1.54, 1.807) is 0 Å². The van der Waals surface area contributed by atoms with Crippen LogP contribution >= 0.6 is 0 Å². The summed E-state index contributed by atoms with van der Waals surface area (Å²) in [6.07, 6.45) is 3.12. The first-order valence-electron chi connectivity index (χ1n) is 13.0. The maximum atomic E-state index is 14.9. The molecule has 0 atom stereocenters. The highest BCUT2D eigenvalue weighted by Crippen LogP contribution is 2.42. The summed E-state index contributed by atoms with van der Waals surface area (Å²) in [5.74, 6) is -9.18. The van der Waals surface area contributed by atoms with Crippen molar-refractivity contribution in [3.63, 3.8) is 0 Å². The molecule has 1 saturated carbocycles. The van der Waals surface area contributed by atoms with Crippen LogP contribution in [-0.2, 0) is 6.11 Å². The Morgan fingerprint density at radius 2 is 1.33 bits per heavy atom. The fourth-order valence-electron chi connectivity index (χ4n) is 5.31. The van der Waals surface area contributed by atoms with Crippen molar-refractivity contribution >= 4 is 0 Å². The van der Waals surface area contributed by atoms with Crippen LogP contribution in [0.4, 0.5) is 35.1 Å². The number of rotatable bonds is 9. The molecule has 0 aromatic heterocycles. The third-order valence-corrected chi connectivity index (χ3v) is 7.36. The zero-order valence-corrected chi connectivity index (χ0v) is 21.3. The Morgan fingerprint density at radius 3 is 1.90 bits per heavy atom. The van der Waals surface area contributed by atoms with Gasteiger partial charge in [0.05, 0.1) is 5.56 Å². The summed E-state index contributed by atoms with van der Waals surface area (Å²) in [6.45, 7) is 2.13. The molecule has 0 amide bonds. The van der Waals surface area contributed by atoms with Crippen LogP contribution in [0.25, 0.3) is 11.1 Å². The van der Waals surface area contributed by atoms with E-state index in [9.17, 15) is 35.1 Å². The minimum atomic E-state index is -4.61. The predicted octanol–water partition coefficient (Wildman–Crippen LogP) is 10.2. The average Bonchev–Trinajstić information content (AvgIpc) is 2.85. The molecule has 0 radical (unpaired) electrons. The van der Waals surface area contributed by atoms with Gasteiger partial charge in [-0.3, -0.25) is 0 Å². The zero-order chi connectivity index (χ0) is 28.3. The molecule has 0 saturated heterocycles. The topological polar surface area (TPSA) is 9.23 Å². The quantitative estimate of drug-likeness (QED) is 0.188. The second-order valence-electron chi connectivity index (χ2n) is 10.1. The standard InChI is InChI=1S/C30H28F8O/c1-2-3-4-5-17-6-8-18(9-7-17)20-13-26(35)29(27(36)14-20)30(37,38)39-21-15-24(33)28(25(34)16-21)19-10-11-22(31)23(32)12-19/h10-18H,2-9H2,1H3. The second-order valence-corrected chi connectivity index (χ2v) is 10.1. The largest absolute Gasteiger partial charge is 0.432 e. The number of halogens is 8. The number of ether oxygens (including phenoxy) is 1. The van der Waals surface area contributed by atoms with Gasteiger partial charge in [-0.2, -0.15) is 8.78 Å². The van der Waals surface area contributed by atoms with Gasteiger partial charge in [0, 0.05) is 12.1 Å². The van der Waals surface area contributed by atoms with Crippen molar-refractivity contribution < 1.29 is 39.9 Å². The highest BCUT2D eigenvalue weighted by molar-refractivity contribution is 5.66. The summed E-state index contributed by atoms with van der Waals surface area (Å²) >= 11 is 0. The molecule has 9 heteroatoms. The molecule has 1 aliphatic rings. The van der Waals surface area contributed by atoms with Crippen molar-refractivity contribution in [2.45, 2.75) is 70.3 Å². The molecule has 4 rings (SSSR count). The third kappa shape index (κ3) is 6.56. The van der Waals surface area contributed by atoms with Gasteiger partial charge in [-0.05, 0) is 72.9 Å². The molecule has 39 heavy (non-hydrogen) atoms. The molecule has 0 aliphatic heterocycles. The van der Waals surface area contributed by atoms with E-state index in [2.05, 4.69) is 11.7 Å². The van der Waals surface area contributed by atoms with E-state index in [1.807, 2.05) is 0 Å². The summed E-state index contributed by atoms with van der Waals surface area (Å²) in [7, 11) is 0. The first kappa shape index (κ1) is 28.9. The fourth-order valence-corrected chi connectivity index (χ4v) is 5.31. The van der Waals surface area contributed by atoms with E-state index in [-0.39, 0.29) is 17.0 Å². The number of unbranched alkanes of at least 4 members (excludes halogenated alkanes) is 2. The molecular weight excluding hydrogens is 528 g/mol. The monoisotopic (exact) mass is 556 g/mol. The molecule has 3 aromatic carbocycles. The van der Waals surface area contributed by atoms with Gasteiger partial charge in [0.1, 0.15) is 34.6 Å². The minimum Gasteiger partial charge on any atom is -0.429 e. The van der Waals surface area contributed by atoms with Gasteiger partial charge in [0.15, 0.2) is 11.6 Å². The van der Waals surface area contributed by atoms with Crippen molar-refractivity contribution in [2.24, 2.45) is 5.92 Å². The van der Waals surface area contributed by atoms with Crippen LogP contribution in [0, 0.1) is 40.8 Å². The molecule has 3 aromatic rings. The minimum absolute atomic E-state index is 0.160. The van der Waals surface area contributed by atoms with Crippen LogP contribution in [0.15, 0.2) is 42.5 Å². The van der Waals surface area contributed by atoms with Crippen molar-refractivity contribution in [1.29, 1.82) is 0 Å². The average molecular weight is 557 g/mol.